The minimum Gasteiger partial charge on any atom is -0.450 e. The van der Waals surface area contributed by atoms with Crippen LogP contribution in [0.2, 0.25) is 0 Å². The van der Waals surface area contributed by atoms with Crippen LogP contribution >= 0.6 is 0 Å². The molecule has 3 rings (SSSR count). The van der Waals surface area contributed by atoms with Crippen molar-refractivity contribution in [2.45, 2.75) is 20.0 Å². The van der Waals surface area contributed by atoms with Crippen LogP contribution in [0.5, 0.6) is 0 Å². The number of H-pyrrole nitrogens is 1. The maximum absolute atomic E-state index is 12.4. The highest BCUT2D eigenvalue weighted by molar-refractivity contribution is 6.02. The van der Waals surface area contributed by atoms with Gasteiger partial charge in [0.25, 0.3) is 0 Å². The molecule has 0 saturated carbocycles. The highest BCUT2D eigenvalue weighted by atomic mass is 16.5. The van der Waals surface area contributed by atoms with Crippen molar-refractivity contribution >= 4 is 34.3 Å². The summed E-state index contributed by atoms with van der Waals surface area (Å²) in [5.41, 5.74) is 2.12. The molecule has 0 saturated heterocycles. The lowest BCUT2D eigenvalue weighted by atomic mass is 10.1. The first kappa shape index (κ1) is 17.4. The van der Waals surface area contributed by atoms with Gasteiger partial charge in [-0.05, 0) is 43.3 Å². The Morgan fingerprint density at radius 2 is 1.73 bits per heavy atom. The number of esters is 1. The van der Waals surface area contributed by atoms with E-state index in [9.17, 15) is 14.4 Å². The molecule has 0 bridgehead atoms. The Labute approximate surface area is 150 Å². The second-order valence-corrected chi connectivity index (χ2v) is 5.94. The maximum Gasteiger partial charge on any atom is 0.355 e. The van der Waals surface area contributed by atoms with Gasteiger partial charge in [0, 0.05) is 29.1 Å². The predicted octanol–water partition coefficient (Wildman–Crippen LogP) is 3.55. The Balaban J connectivity index is 1.68. The second-order valence-electron chi connectivity index (χ2n) is 5.94. The molecule has 26 heavy (non-hydrogen) atoms. The Morgan fingerprint density at radius 1 is 1.04 bits per heavy atom. The number of nitrogens with one attached hydrogen (secondary N) is 2. The monoisotopic (exact) mass is 350 g/mol. The number of aromatic amines is 1. The lowest BCUT2D eigenvalue weighted by Gasteiger charge is -2.12. The van der Waals surface area contributed by atoms with Gasteiger partial charge in [-0.3, -0.25) is 9.59 Å². The quantitative estimate of drug-likeness (QED) is 0.544. The van der Waals surface area contributed by atoms with Gasteiger partial charge in [-0.1, -0.05) is 18.2 Å². The average molecular weight is 350 g/mol. The molecule has 1 aromatic heterocycles. The number of ether oxygens (including phenoxy) is 1. The normalized spacial score (nSPS) is 11.8. The van der Waals surface area contributed by atoms with Gasteiger partial charge in [0.05, 0.1) is 0 Å². The van der Waals surface area contributed by atoms with Crippen LogP contribution in [0.25, 0.3) is 10.9 Å². The third-order valence-electron chi connectivity index (χ3n) is 3.89. The summed E-state index contributed by atoms with van der Waals surface area (Å²) in [6.07, 6.45) is -0.930. The molecule has 6 nitrogen and oxygen atoms in total. The lowest BCUT2D eigenvalue weighted by Crippen LogP contribution is -2.24. The summed E-state index contributed by atoms with van der Waals surface area (Å²) in [6, 6.07) is 15.6. The van der Waals surface area contributed by atoms with E-state index < -0.39 is 12.1 Å². The molecule has 0 radical (unpaired) electrons. The molecular formula is C20H18N2O4. The average Bonchev–Trinajstić information content (AvgIpc) is 3.05. The number of hydrogen-bond acceptors (Lipinski definition) is 4. The van der Waals surface area contributed by atoms with Crippen LogP contribution in [-0.2, 0) is 9.53 Å². The van der Waals surface area contributed by atoms with E-state index in [0.29, 0.717) is 16.9 Å². The molecule has 1 amide bonds. The zero-order valence-corrected chi connectivity index (χ0v) is 14.4. The summed E-state index contributed by atoms with van der Waals surface area (Å²) in [6.45, 7) is 2.94. The van der Waals surface area contributed by atoms with E-state index in [1.165, 1.54) is 13.8 Å². The van der Waals surface area contributed by atoms with E-state index >= 15 is 0 Å². The first-order chi connectivity index (χ1) is 12.4. The first-order valence-corrected chi connectivity index (χ1v) is 8.14. The topological polar surface area (TPSA) is 88.3 Å². The zero-order valence-electron chi connectivity index (χ0n) is 14.4. The summed E-state index contributed by atoms with van der Waals surface area (Å²) < 4.78 is 5.29. The summed E-state index contributed by atoms with van der Waals surface area (Å²) in [5.74, 6) is -1.09. The molecule has 2 N–H and O–H groups in total. The van der Waals surface area contributed by atoms with Crippen LogP contribution in [0.15, 0.2) is 54.6 Å². The van der Waals surface area contributed by atoms with Crippen molar-refractivity contribution in [2.75, 3.05) is 5.32 Å². The van der Waals surface area contributed by atoms with E-state index in [4.69, 9.17) is 4.74 Å². The first-order valence-electron chi connectivity index (χ1n) is 8.14. The van der Waals surface area contributed by atoms with E-state index in [2.05, 4.69) is 10.3 Å². The highest BCUT2D eigenvalue weighted by Crippen LogP contribution is 2.17. The number of rotatable bonds is 5. The van der Waals surface area contributed by atoms with Crippen molar-refractivity contribution in [3.05, 3.63) is 65.9 Å². The minimum atomic E-state index is -0.930. The van der Waals surface area contributed by atoms with Crippen molar-refractivity contribution in [2.24, 2.45) is 0 Å². The molecule has 0 spiro atoms. The number of carbonyl (C=O) groups is 3. The van der Waals surface area contributed by atoms with Gasteiger partial charge in [-0.25, -0.2) is 4.79 Å². The number of amides is 1. The van der Waals surface area contributed by atoms with Crippen molar-refractivity contribution in [1.82, 2.24) is 4.98 Å². The van der Waals surface area contributed by atoms with Crippen LogP contribution in [0.4, 0.5) is 5.69 Å². The summed E-state index contributed by atoms with van der Waals surface area (Å²) in [4.78, 5) is 38.7. The molecule has 0 unspecified atom stereocenters. The largest absolute Gasteiger partial charge is 0.450 e. The van der Waals surface area contributed by atoms with Crippen LogP contribution in [0, 0.1) is 0 Å². The van der Waals surface area contributed by atoms with Crippen molar-refractivity contribution in [3.8, 4) is 0 Å². The number of ketones is 1. The van der Waals surface area contributed by atoms with Gasteiger partial charge >= 0.3 is 5.97 Å². The number of fused-ring (bicyclic) bond motifs is 1. The number of hydrogen-bond donors (Lipinski definition) is 2. The Morgan fingerprint density at radius 3 is 2.38 bits per heavy atom. The summed E-state index contributed by atoms with van der Waals surface area (Å²) in [5, 5.41) is 3.52. The molecule has 0 fully saturated rings. The van der Waals surface area contributed by atoms with Crippen LogP contribution in [0.3, 0.4) is 0 Å². The minimum absolute atomic E-state index is 0.190. The molecule has 0 aliphatic heterocycles. The maximum atomic E-state index is 12.4. The molecule has 1 atom stereocenters. The van der Waals surface area contributed by atoms with E-state index in [-0.39, 0.29) is 11.7 Å². The van der Waals surface area contributed by atoms with Crippen molar-refractivity contribution < 1.29 is 19.1 Å². The smallest absolute Gasteiger partial charge is 0.355 e. The molecule has 1 heterocycles. The van der Waals surface area contributed by atoms with Crippen LogP contribution in [0.1, 0.15) is 34.7 Å². The molecule has 3 aromatic rings. The van der Waals surface area contributed by atoms with Crippen molar-refractivity contribution in [1.29, 1.82) is 0 Å². The van der Waals surface area contributed by atoms with Gasteiger partial charge in [0.2, 0.25) is 11.7 Å². The SMILES string of the molecule is CC(=O)Nc1ccc(C(=O)[C@H](C)OC(=O)c2cc3ccccc3[nH]2)cc1. The fourth-order valence-electron chi connectivity index (χ4n) is 2.62. The van der Waals surface area contributed by atoms with Crippen LogP contribution in [-0.4, -0.2) is 28.7 Å². The number of carbonyl (C=O) groups excluding carboxylic acids is 3. The number of Topliss-reactive ketones (excluding diaryl/α,β-unsaturated/α-hetero) is 1. The van der Waals surface area contributed by atoms with Gasteiger partial charge in [0.15, 0.2) is 6.10 Å². The standard InChI is InChI=1S/C20H18N2O4/c1-12(19(24)14-7-9-16(10-8-14)21-13(2)23)26-20(25)18-11-15-5-3-4-6-17(15)22-18/h3-12,22H,1-2H3,(H,21,23)/t12-/m0/s1. The Bertz CT molecular complexity index is 940. The number of anilines is 1. The third-order valence-corrected chi connectivity index (χ3v) is 3.89. The van der Waals surface area contributed by atoms with Gasteiger partial charge in [-0.15, -0.1) is 0 Å². The summed E-state index contributed by atoms with van der Waals surface area (Å²) in [7, 11) is 0. The Kier molecular flexibility index (Phi) is 4.84. The lowest BCUT2D eigenvalue weighted by molar-refractivity contribution is -0.114. The van der Waals surface area contributed by atoms with Gasteiger partial charge in [0.1, 0.15) is 5.69 Å². The molecular weight excluding hydrogens is 332 g/mol. The second kappa shape index (κ2) is 7.23. The number of aromatic nitrogens is 1. The third kappa shape index (κ3) is 3.80. The number of benzene rings is 2. The van der Waals surface area contributed by atoms with E-state index in [0.717, 1.165) is 10.9 Å². The molecule has 0 aliphatic carbocycles. The fourth-order valence-corrected chi connectivity index (χ4v) is 2.62. The van der Waals surface area contributed by atoms with E-state index in [1.807, 2.05) is 24.3 Å². The molecule has 2 aromatic carbocycles. The highest BCUT2D eigenvalue weighted by Gasteiger charge is 2.21. The van der Waals surface area contributed by atoms with E-state index in [1.54, 1.807) is 30.3 Å². The predicted molar refractivity (Wildman–Crippen MR) is 98.3 cm³/mol. The molecule has 0 aliphatic rings. The zero-order chi connectivity index (χ0) is 18.7. The van der Waals surface area contributed by atoms with Gasteiger partial charge < -0.3 is 15.0 Å². The van der Waals surface area contributed by atoms with Gasteiger partial charge in [-0.2, -0.15) is 0 Å². The number of para-hydroxylation sites is 1. The molecule has 6 heteroatoms. The molecule has 132 valence electrons. The van der Waals surface area contributed by atoms with Crippen molar-refractivity contribution in [3.63, 3.8) is 0 Å². The summed E-state index contributed by atoms with van der Waals surface area (Å²) >= 11 is 0. The Hall–Kier alpha value is -3.41. The fraction of sp³-hybridized carbons (Fsp3) is 0.150. The van der Waals surface area contributed by atoms with Crippen LogP contribution < -0.4 is 5.32 Å².